The van der Waals surface area contributed by atoms with Gasteiger partial charge in [-0.25, -0.2) is 0 Å². The third kappa shape index (κ3) is 5.60. The summed E-state index contributed by atoms with van der Waals surface area (Å²) in [7, 11) is 0. The molecule has 0 bridgehead atoms. The van der Waals surface area contributed by atoms with Gasteiger partial charge in [-0.05, 0) is 98.1 Å². The Morgan fingerprint density at radius 2 is 0.885 bits per heavy atom. The monoisotopic (exact) mass is 793 g/mol. The quantitative estimate of drug-likeness (QED) is 0.155. The standard InChI is InChI=1S/C59H39NS/c1-5-18-40(19-6-1)42-22-17-27-46(36-42)60(56-39-53-52-37-43(41-20-7-2-8-21-41)32-35-57(52)61-58(53)51-30-14-13-29-50(51)56)47-33-34-49-48-28-15-16-31-54(48)59(55(49)38-47,44-23-9-3-10-24-44)45-25-11-4-12-26-45/h1-39H. The Bertz CT molecular complexity index is 3370. The van der Waals surface area contributed by atoms with Gasteiger partial charge in [-0.15, -0.1) is 11.3 Å². The second-order valence-electron chi connectivity index (χ2n) is 16.0. The SMILES string of the molecule is c1ccc(-c2cccc(N(c3ccc4c(c3)C(c3ccccc3)(c3ccccc3)c3ccccc3-4)c3cc4c5cc(-c6ccccc6)ccc5sc4c4ccccc34)c2)cc1. The maximum absolute atomic E-state index is 2.52. The zero-order valence-electron chi connectivity index (χ0n) is 33.4. The first-order chi connectivity index (χ1) is 30.3. The zero-order chi connectivity index (χ0) is 40.3. The van der Waals surface area contributed by atoms with Crippen molar-refractivity contribution in [3.8, 4) is 33.4 Å². The van der Waals surface area contributed by atoms with Crippen molar-refractivity contribution in [2.75, 3.05) is 4.90 Å². The highest BCUT2D eigenvalue weighted by atomic mass is 32.1. The summed E-state index contributed by atoms with van der Waals surface area (Å²) in [5.41, 5.74) is 15.3. The molecule has 0 unspecified atom stereocenters. The number of hydrogen-bond donors (Lipinski definition) is 0. The van der Waals surface area contributed by atoms with Crippen LogP contribution in [0, 0.1) is 0 Å². The molecule has 0 amide bonds. The molecule has 2 heteroatoms. The van der Waals surface area contributed by atoms with E-state index < -0.39 is 5.41 Å². The maximum Gasteiger partial charge on any atom is 0.0714 e. The Morgan fingerprint density at radius 1 is 0.328 bits per heavy atom. The van der Waals surface area contributed by atoms with E-state index in [1.165, 1.54) is 86.6 Å². The third-order valence-electron chi connectivity index (χ3n) is 12.7. The van der Waals surface area contributed by atoms with Gasteiger partial charge in [0.25, 0.3) is 0 Å². The van der Waals surface area contributed by atoms with Crippen LogP contribution in [0.4, 0.5) is 17.1 Å². The molecule has 11 aromatic rings. The van der Waals surface area contributed by atoms with E-state index in [1.54, 1.807) is 0 Å². The molecule has 0 spiro atoms. The predicted molar refractivity (Wildman–Crippen MR) is 260 cm³/mol. The van der Waals surface area contributed by atoms with Crippen LogP contribution in [0.3, 0.4) is 0 Å². The summed E-state index contributed by atoms with van der Waals surface area (Å²) in [5, 5.41) is 5.03. The number of thiophene rings is 1. The predicted octanol–water partition coefficient (Wildman–Crippen LogP) is 16.4. The molecule has 1 aliphatic carbocycles. The summed E-state index contributed by atoms with van der Waals surface area (Å²) in [6.07, 6.45) is 0. The van der Waals surface area contributed by atoms with Crippen molar-refractivity contribution < 1.29 is 0 Å². The van der Waals surface area contributed by atoms with Gasteiger partial charge >= 0.3 is 0 Å². The molecule has 1 nitrogen and oxygen atoms in total. The van der Waals surface area contributed by atoms with Crippen LogP contribution in [-0.4, -0.2) is 0 Å². The molecule has 0 aliphatic heterocycles. The number of fused-ring (bicyclic) bond motifs is 8. The molecule has 1 aromatic heterocycles. The summed E-state index contributed by atoms with van der Waals surface area (Å²) in [4.78, 5) is 2.52. The largest absolute Gasteiger partial charge is 0.310 e. The Labute approximate surface area is 360 Å². The fourth-order valence-corrected chi connectivity index (χ4v) is 11.2. The summed E-state index contributed by atoms with van der Waals surface area (Å²) in [5.74, 6) is 0. The topological polar surface area (TPSA) is 3.24 Å². The van der Waals surface area contributed by atoms with Crippen molar-refractivity contribution in [1.82, 2.24) is 0 Å². The van der Waals surface area contributed by atoms with Crippen molar-refractivity contribution in [2.45, 2.75) is 5.41 Å². The van der Waals surface area contributed by atoms with Gasteiger partial charge in [0.2, 0.25) is 0 Å². The molecule has 0 N–H and O–H groups in total. The van der Waals surface area contributed by atoms with Crippen LogP contribution in [0.15, 0.2) is 237 Å². The van der Waals surface area contributed by atoms with Gasteiger partial charge in [0.15, 0.2) is 0 Å². The summed E-state index contributed by atoms with van der Waals surface area (Å²) < 4.78 is 2.61. The van der Waals surface area contributed by atoms with Gasteiger partial charge in [0.05, 0.1) is 11.1 Å². The highest BCUT2D eigenvalue weighted by molar-refractivity contribution is 7.26. The molecule has 0 saturated carbocycles. The fraction of sp³-hybridized carbons (Fsp3) is 0.0169. The molecule has 61 heavy (non-hydrogen) atoms. The molecule has 0 radical (unpaired) electrons. The average molecular weight is 794 g/mol. The van der Waals surface area contributed by atoms with Crippen LogP contribution in [0.25, 0.3) is 64.3 Å². The Balaban J connectivity index is 1.17. The van der Waals surface area contributed by atoms with Crippen molar-refractivity contribution in [2.24, 2.45) is 0 Å². The molecule has 286 valence electrons. The molecule has 0 fully saturated rings. The number of benzene rings is 10. The van der Waals surface area contributed by atoms with Gasteiger partial charge in [0.1, 0.15) is 0 Å². The third-order valence-corrected chi connectivity index (χ3v) is 13.9. The lowest BCUT2D eigenvalue weighted by Crippen LogP contribution is -2.28. The Kier molecular flexibility index (Phi) is 8.33. The van der Waals surface area contributed by atoms with Crippen molar-refractivity contribution in [1.29, 1.82) is 0 Å². The average Bonchev–Trinajstić information content (AvgIpc) is 3.86. The van der Waals surface area contributed by atoms with Gasteiger partial charge in [-0.1, -0.05) is 194 Å². The molecule has 12 rings (SSSR count). The van der Waals surface area contributed by atoms with E-state index in [-0.39, 0.29) is 0 Å². The lowest BCUT2D eigenvalue weighted by molar-refractivity contribution is 0.768. The minimum Gasteiger partial charge on any atom is -0.310 e. The van der Waals surface area contributed by atoms with E-state index in [9.17, 15) is 0 Å². The van der Waals surface area contributed by atoms with Gasteiger partial charge in [-0.2, -0.15) is 0 Å². The minimum absolute atomic E-state index is 0.522. The molecule has 1 heterocycles. The first-order valence-electron chi connectivity index (χ1n) is 21.0. The molecule has 1 aliphatic rings. The van der Waals surface area contributed by atoms with E-state index in [0.29, 0.717) is 0 Å². The maximum atomic E-state index is 2.52. The molecule has 0 atom stereocenters. The Hall–Kier alpha value is -7.52. The lowest BCUT2D eigenvalue weighted by Gasteiger charge is -2.35. The Morgan fingerprint density at radius 3 is 1.59 bits per heavy atom. The first kappa shape index (κ1) is 35.4. The summed E-state index contributed by atoms with van der Waals surface area (Å²) in [6, 6.07) is 87.4. The lowest BCUT2D eigenvalue weighted by atomic mass is 9.67. The summed E-state index contributed by atoms with van der Waals surface area (Å²) >= 11 is 1.89. The molecular weight excluding hydrogens is 755 g/mol. The second-order valence-corrected chi connectivity index (χ2v) is 17.1. The number of hydrogen-bond acceptors (Lipinski definition) is 2. The van der Waals surface area contributed by atoms with Crippen molar-refractivity contribution in [3.05, 3.63) is 259 Å². The van der Waals surface area contributed by atoms with E-state index >= 15 is 0 Å². The van der Waals surface area contributed by atoms with Crippen molar-refractivity contribution in [3.63, 3.8) is 0 Å². The van der Waals surface area contributed by atoms with E-state index in [2.05, 4.69) is 241 Å². The van der Waals surface area contributed by atoms with Crippen molar-refractivity contribution >= 4 is 59.3 Å². The van der Waals surface area contributed by atoms with E-state index in [1.807, 2.05) is 11.3 Å². The molecule has 0 saturated heterocycles. The van der Waals surface area contributed by atoms with Crippen LogP contribution < -0.4 is 4.90 Å². The van der Waals surface area contributed by atoms with Crippen LogP contribution in [0.2, 0.25) is 0 Å². The molecule has 10 aromatic carbocycles. The van der Waals surface area contributed by atoms with Crippen LogP contribution in [0.5, 0.6) is 0 Å². The number of anilines is 3. The van der Waals surface area contributed by atoms with Gasteiger partial charge < -0.3 is 4.90 Å². The fourth-order valence-electron chi connectivity index (χ4n) is 10.0. The minimum atomic E-state index is -0.522. The number of nitrogens with zero attached hydrogens (tertiary/aromatic N) is 1. The van der Waals surface area contributed by atoms with Gasteiger partial charge in [-0.3, -0.25) is 0 Å². The highest BCUT2D eigenvalue weighted by Gasteiger charge is 2.46. The zero-order valence-corrected chi connectivity index (χ0v) is 34.2. The molecular formula is C59H39NS. The smallest absolute Gasteiger partial charge is 0.0714 e. The highest BCUT2D eigenvalue weighted by Crippen LogP contribution is 2.58. The second kappa shape index (κ2) is 14.3. The van der Waals surface area contributed by atoms with Crippen LogP contribution in [0.1, 0.15) is 22.3 Å². The van der Waals surface area contributed by atoms with E-state index in [0.717, 1.165) is 17.1 Å². The number of rotatable bonds is 7. The normalized spacial score (nSPS) is 12.7. The first-order valence-corrected chi connectivity index (χ1v) is 21.8. The van der Waals surface area contributed by atoms with Crippen LogP contribution in [-0.2, 0) is 5.41 Å². The van der Waals surface area contributed by atoms with E-state index in [4.69, 9.17) is 0 Å². The van der Waals surface area contributed by atoms with Gasteiger partial charge in [0, 0.05) is 42.3 Å². The van der Waals surface area contributed by atoms with Crippen LogP contribution >= 0.6 is 11.3 Å². The summed E-state index contributed by atoms with van der Waals surface area (Å²) in [6.45, 7) is 0.